The second kappa shape index (κ2) is 6.55. The summed E-state index contributed by atoms with van der Waals surface area (Å²) in [5.41, 5.74) is -0.964. The van der Waals surface area contributed by atoms with Crippen LogP contribution in [0.3, 0.4) is 0 Å². The van der Waals surface area contributed by atoms with E-state index in [1.807, 2.05) is 0 Å². The molecule has 21 heavy (non-hydrogen) atoms. The van der Waals surface area contributed by atoms with Gasteiger partial charge < -0.3 is 15.2 Å². The highest BCUT2D eigenvalue weighted by molar-refractivity contribution is 6.34. The van der Waals surface area contributed by atoms with E-state index >= 15 is 0 Å². The number of ether oxygens (including phenoxy) is 1. The number of carboxylic acid groups (broad SMARTS) is 1. The highest BCUT2D eigenvalue weighted by Crippen LogP contribution is 2.30. The van der Waals surface area contributed by atoms with Gasteiger partial charge in [0.25, 0.3) is 5.91 Å². The van der Waals surface area contributed by atoms with Crippen LogP contribution in [-0.2, 0) is 9.53 Å². The van der Waals surface area contributed by atoms with Gasteiger partial charge in [0.1, 0.15) is 0 Å². The molecule has 0 aromatic carbocycles. The van der Waals surface area contributed by atoms with Gasteiger partial charge >= 0.3 is 5.97 Å². The van der Waals surface area contributed by atoms with Crippen molar-refractivity contribution in [1.29, 1.82) is 0 Å². The topological polar surface area (TPSA) is 101 Å². The number of aromatic nitrogens is 2. The van der Waals surface area contributed by atoms with Crippen LogP contribution in [0.1, 0.15) is 23.2 Å². The van der Waals surface area contributed by atoms with E-state index in [9.17, 15) is 14.7 Å². The van der Waals surface area contributed by atoms with Gasteiger partial charge in [-0.15, -0.1) is 10.2 Å². The lowest BCUT2D eigenvalue weighted by Gasteiger charge is -2.33. The molecule has 2 rings (SSSR count). The number of nitrogens with one attached hydrogen (secondary N) is 1. The minimum Gasteiger partial charge on any atom is -0.481 e. The van der Waals surface area contributed by atoms with Gasteiger partial charge in [0.05, 0.1) is 11.0 Å². The van der Waals surface area contributed by atoms with Crippen molar-refractivity contribution in [2.45, 2.75) is 12.8 Å². The maximum Gasteiger partial charge on any atom is 0.311 e. The summed E-state index contributed by atoms with van der Waals surface area (Å²) in [7, 11) is 0. The number of carboxylic acids is 1. The fourth-order valence-electron chi connectivity index (χ4n) is 2.09. The van der Waals surface area contributed by atoms with Crippen LogP contribution < -0.4 is 5.32 Å². The largest absolute Gasteiger partial charge is 0.481 e. The van der Waals surface area contributed by atoms with Crippen LogP contribution in [0.5, 0.6) is 0 Å². The lowest BCUT2D eigenvalue weighted by Crippen LogP contribution is -2.46. The summed E-state index contributed by atoms with van der Waals surface area (Å²) in [6, 6.07) is 1.28. The summed E-state index contributed by atoms with van der Waals surface area (Å²) in [5, 5.41) is 18.9. The number of rotatable bonds is 4. The molecule has 1 aromatic heterocycles. The molecule has 7 nitrogen and oxygen atoms in total. The molecule has 114 valence electrons. The summed E-state index contributed by atoms with van der Waals surface area (Å²) >= 11 is 11.4. The van der Waals surface area contributed by atoms with E-state index in [0.717, 1.165) is 0 Å². The monoisotopic (exact) mass is 333 g/mol. The van der Waals surface area contributed by atoms with Gasteiger partial charge in [-0.25, -0.2) is 0 Å². The average molecular weight is 334 g/mol. The zero-order chi connectivity index (χ0) is 15.5. The second-order valence-electron chi connectivity index (χ2n) is 4.75. The number of hydrogen-bond donors (Lipinski definition) is 2. The van der Waals surface area contributed by atoms with Gasteiger partial charge in [-0.05, 0) is 18.9 Å². The third kappa shape index (κ3) is 3.61. The van der Waals surface area contributed by atoms with Crippen LogP contribution in [-0.4, -0.2) is 46.9 Å². The molecule has 1 aliphatic rings. The number of halogens is 2. The second-order valence-corrected chi connectivity index (χ2v) is 5.50. The summed E-state index contributed by atoms with van der Waals surface area (Å²) in [6.45, 7) is 0.692. The first-order chi connectivity index (χ1) is 9.94. The van der Waals surface area contributed by atoms with Gasteiger partial charge in [-0.3, -0.25) is 9.59 Å². The quantitative estimate of drug-likeness (QED) is 0.863. The summed E-state index contributed by atoms with van der Waals surface area (Å²) < 4.78 is 5.17. The van der Waals surface area contributed by atoms with E-state index in [1.165, 1.54) is 6.07 Å². The standard InChI is InChI=1S/C12H13Cl2N3O4/c13-8-5-7(9(14)17-16-8)10(18)15-6-12(11(19)20)1-3-21-4-2-12/h5H,1-4,6H2,(H,15,18)(H,19,20). The van der Waals surface area contributed by atoms with Crippen LogP contribution in [0, 0.1) is 5.41 Å². The Hall–Kier alpha value is -1.44. The molecule has 0 aliphatic carbocycles. The summed E-state index contributed by atoms with van der Waals surface area (Å²) in [6.07, 6.45) is 0.678. The molecule has 1 aliphatic heterocycles. The zero-order valence-corrected chi connectivity index (χ0v) is 12.4. The third-order valence-electron chi connectivity index (χ3n) is 3.45. The summed E-state index contributed by atoms with van der Waals surface area (Å²) in [5.74, 6) is -1.49. The van der Waals surface area contributed by atoms with E-state index in [2.05, 4.69) is 15.5 Å². The number of carbonyl (C=O) groups is 2. The fraction of sp³-hybridized carbons (Fsp3) is 0.500. The minimum atomic E-state index is -1.02. The highest BCUT2D eigenvalue weighted by atomic mass is 35.5. The van der Waals surface area contributed by atoms with Crippen molar-refractivity contribution in [3.05, 3.63) is 21.9 Å². The first-order valence-electron chi connectivity index (χ1n) is 6.23. The Kier molecular flexibility index (Phi) is 4.97. The van der Waals surface area contributed by atoms with Crippen LogP contribution >= 0.6 is 23.2 Å². The third-order valence-corrected chi connectivity index (χ3v) is 3.92. The molecule has 9 heteroatoms. The Labute approximate surface area is 130 Å². The van der Waals surface area contributed by atoms with Gasteiger partial charge in [0.15, 0.2) is 10.3 Å². The molecule has 0 spiro atoms. The number of nitrogens with zero attached hydrogens (tertiary/aromatic N) is 2. The van der Waals surface area contributed by atoms with Gasteiger partial charge in [-0.1, -0.05) is 23.2 Å². The van der Waals surface area contributed by atoms with E-state index in [0.29, 0.717) is 26.1 Å². The Morgan fingerprint density at radius 3 is 2.62 bits per heavy atom. The predicted octanol–water partition coefficient (Wildman–Crippen LogP) is 1.39. The highest BCUT2D eigenvalue weighted by Gasteiger charge is 2.40. The smallest absolute Gasteiger partial charge is 0.311 e. The van der Waals surface area contributed by atoms with Crippen molar-refractivity contribution in [3.63, 3.8) is 0 Å². The van der Waals surface area contributed by atoms with Crippen molar-refractivity contribution in [2.75, 3.05) is 19.8 Å². The molecule has 2 heterocycles. The Balaban J connectivity index is 2.08. The van der Waals surface area contributed by atoms with E-state index in [1.54, 1.807) is 0 Å². The molecule has 1 amide bonds. The fourth-order valence-corrected chi connectivity index (χ4v) is 2.41. The molecule has 0 unspecified atom stereocenters. The molecule has 1 aromatic rings. The Bertz CT molecular complexity index is 561. The Morgan fingerprint density at radius 1 is 1.33 bits per heavy atom. The number of hydrogen-bond acceptors (Lipinski definition) is 5. The number of aliphatic carboxylic acids is 1. The van der Waals surface area contributed by atoms with Crippen LogP contribution in [0.25, 0.3) is 0 Å². The normalized spacial score (nSPS) is 17.2. The summed E-state index contributed by atoms with van der Waals surface area (Å²) in [4.78, 5) is 23.5. The molecular weight excluding hydrogens is 321 g/mol. The van der Waals surface area contributed by atoms with Crippen molar-refractivity contribution in [1.82, 2.24) is 15.5 Å². The number of amides is 1. The van der Waals surface area contributed by atoms with E-state index in [4.69, 9.17) is 27.9 Å². The minimum absolute atomic E-state index is 0.0131. The molecule has 0 saturated carbocycles. The first kappa shape index (κ1) is 15.9. The SMILES string of the molecule is O=C(NCC1(C(=O)O)CCOCC1)c1cc(Cl)nnc1Cl. The molecule has 0 radical (unpaired) electrons. The van der Waals surface area contributed by atoms with Crippen molar-refractivity contribution in [2.24, 2.45) is 5.41 Å². The lowest BCUT2D eigenvalue weighted by atomic mass is 9.80. The maximum absolute atomic E-state index is 12.1. The van der Waals surface area contributed by atoms with E-state index < -0.39 is 17.3 Å². The molecule has 0 atom stereocenters. The molecule has 2 N–H and O–H groups in total. The zero-order valence-electron chi connectivity index (χ0n) is 10.9. The van der Waals surface area contributed by atoms with Crippen molar-refractivity contribution in [3.8, 4) is 0 Å². The first-order valence-corrected chi connectivity index (χ1v) is 6.98. The Morgan fingerprint density at radius 2 is 2.00 bits per heavy atom. The lowest BCUT2D eigenvalue weighted by molar-refractivity contribution is -0.154. The molecular formula is C12H13Cl2N3O4. The molecule has 1 fully saturated rings. The average Bonchev–Trinajstić information content (AvgIpc) is 2.48. The van der Waals surface area contributed by atoms with Crippen molar-refractivity contribution >= 4 is 35.1 Å². The van der Waals surface area contributed by atoms with Crippen LogP contribution in [0.15, 0.2) is 6.07 Å². The van der Waals surface area contributed by atoms with Gasteiger partial charge in [-0.2, -0.15) is 0 Å². The number of carbonyl (C=O) groups excluding carboxylic acids is 1. The van der Waals surface area contributed by atoms with Gasteiger partial charge in [0.2, 0.25) is 0 Å². The molecule has 0 bridgehead atoms. The van der Waals surface area contributed by atoms with Crippen LogP contribution in [0.2, 0.25) is 10.3 Å². The van der Waals surface area contributed by atoms with Gasteiger partial charge in [0, 0.05) is 19.8 Å². The van der Waals surface area contributed by atoms with Crippen molar-refractivity contribution < 1.29 is 19.4 Å². The van der Waals surface area contributed by atoms with E-state index in [-0.39, 0.29) is 22.4 Å². The predicted molar refractivity (Wildman–Crippen MR) is 74.5 cm³/mol. The molecule has 1 saturated heterocycles. The maximum atomic E-state index is 12.1. The van der Waals surface area contributed by atoms with Crippen LogP contribution in [0.4, 0.5) is 0 Å².